The summed E-state index contributed by atoms with van der Waals surface area (Å²) in [5.74, 6) is 1.69. The monoisotopic (exact) mass is 634 g/mol. The van der Waals surface area contributed by atoms with Crippen molar-refractivity contribution in [2.24, 2.45) is 29.4 Å². The van der Waals surface area contributed by atoms with Crippen molar-refractivity contribution in [1.82, 2.24) is 5.32 Å². The molecule has 2 aromatic rings. The summed E-state index contributed by atoms with van der Waals surface area (Å²) < 4.78 is 17.6. The number of hydrogen-bond acceptors (Lipinski definition) is 6. The molecule has 0 radical (unpaired) electrons. The molecule has 0 aliphatic heterocycles. The van der Waals surface area contributed by atoms with Gasteiger partial charge >= 0.3 is 0 Å². The summed E-state index contributed by atoms with van der Waals surface area (Å²) in [6.45, 7) is 11.6. The molecule has 41 heavy (non-hydrogen) atoms. The van der Waals surface area contributed by atoms with Crippen LogP contribution in [0, 0.1) is 23.7 Å². The fraction of sp³-hybridized carbons (Fsp3) is 0.606. The van der Waals surface area contributed by atoms with Gasteiger partial charge in [0.05, 0.1) is 25.9 Å². The average Bonchev–Trinajstić information content (AvgIpc) is 2.93. The highest BCUT2D eigenvalue weighted by atomic mass is 79.9. The predicted octanol–water partition coefficient (Wildman–Crippen LogP) is 6.31. The Bertz CT molecular complexity index is 1050. The van der Waals surface area contributed by atoms with Crippen molar-refractivity contribution in [2.75, 3.05) is 27.4 Å². The van der Waals surface area contributed by atoms with Crippen LogP contribution in [0.15, 0.2) is 46.9 Å². The van der Waals surface area contributed by atoms with Gasteiger partial charge in [-0.3, -0.25) is 4.79 Å². The smallest absolute Gasteiger partial charge is 0.223 e. The summed E-state index contributed by atoms with van der Waals surface area (Å²) in [5, 5.41) is 14.3. The molecule has 2 rings (SSSR count). The Morgan fingerprint density at radius 1 is 0.951 bits per heavy atom. The molecule has 4 N–H and O–H groups in total. The molecule has 1 amide bonds. The third kappa shape index (κ3) is 11.6. The molecule has 0 unspecified atom stereocenters. The largest absolute Gasteiger partial charge is 0.493 e. The summed E-state index contributed by atoms with van der Waals surface area (Å²) in [7, 11) is 3.32. The Hall–Kier alpha value is -2.13. The van der Waals surface area contributed by atoms with Gasteiger partial charge in [-0.15, -0.1) is 0 Å². The molecule has 0 spiro atoms. The highest BCUT2D eigenvalue weighted by molar-refractivity contribution is 9.10. The van der Waals surface area contributed by atoms with E-state index >= 15 is 0 Å². The van der Waals surface area contributed by atoms with Crippen LogP contribution >= 0.6 is 15.9 Å². The average molecular weight is 636 g/mol. The molecule has 0 aliphatic rings. The van der Waals surface area contributed by atoms with Crippen LogP contribution in [-0.2, 0) is 16.0 Å². The number of benzene rings is 2. The number of methoxy groups -OCH3 is 2. The first-order valence-corrected chi connectivity index (χ1v) is 15.5. The third-order valence-corrected chi connectivity index (χ3v) is 8.38. The Morgan fingerprint density at radius 3 is 2.22 bits per heavy atom. The van der Waals surface area contributed by atoms with Gasteiger partial charge in [0.2, 0.25) is 5.91 Å². The summed E-state index contributed by atoms with van der Waals surface area (Å²) in [6.07, 6.45) is 1.79. The van der Waals surface area contributed by atoms with E-state index in [1.165, 1.54) is 0 Å². The zero-order valence-corrected chi connectivity index (χ0v) is 27.4. The molecule has 5 atom stereocenters. The molecular formula is C33H51BrN2O5. The van der Waals surface area contributed by atoms with Crippen molar-refractivity contribution >= 4 is 21.8 Å². The highest BCUT2D eigenvalue weighted by Gasteiger charge is 2.30. The summed E-state index contributed by atoms with van der Waals surface area (Å²) in [6, 6.07) is 13.4. The number of nitrogens with two attached hydrogens (primary N) is 1. The van der Waals surface area contributed by atoms with Crippen molar-refractivity contribution in [2.45, 2.75) is 78.5 Å². The SMILES string of the molecule is COCCCOc1cc(C[C@@H](C[C@H](N)[C@@H](O)C[C@H](C(=O)N[C@H](C)c2ccc(Br)cc2)C(C)C)C(C)C)ccc1OC. The predicted molar refractivity (Wildman–Crippen MR) is 169 cm³/mol. The van der Waals surface area contributed by atoms with E-state index < -0.39 is 12.1 Å². The Morgan fingerprint density at radius 2 is 1.63 bits per heavy atom. The second-order valence-electron chi connectivity index (χ2n) is 11.7. The zero-order chi connectivity index (χ0) is 30.5. The van der Waals surface area contributed by atoms with E-state index in [4.69, 9.17) is 19.9 Å². The number of amides is 1. The van der Waals surface area contributed by atoms with Crippen molar-refractivity contribution < 1.29 is 24.1 Å². The molecule has 0 heterocycles. The van der Waals surface area contributed by atoms with Gasteiger partial charge in [-0.1, -0.05) is 61.8 Å². The number of carbonyl (C=O) groups excluding carboxylic acids is 1. The van der Waals surface area contributed by atoms with Crippen LogP contribution in [-0.4, -0.2) is 50.6 Å². The van der Waals surface area contributed by atoms with Crippen LogP contribution in [0.3, 0.4) is 0 Å². The van der Waals surface area contributed by atoms with Gasteiger partial charge in [0.15, 0.2) is 11.5 Å². The van der Waals surface area contributed by atoms with E-state index in [1.54, 1.807) is 14.2 Å². The lowest BCUT2D eigenvalue weighted by Gasteiger charge is -2.30. The van der Waals surface area contributed by atoms with Crippen molar-refractivity contribution in [1.29, 1.82) is 0 Å². The van der Waals surface area contributed by atoms with E-state index in [-0.39, 0.29) is 29.7 Å². The minimum absolute atomic E-state index is 0.0571. The number of carbonyl (C=O) groups is 1. The standard InChI is InChI=1S/C33H51BrN2O5/c1-21(2)26(17-24-9-14-31(40-7)32(18-24)41-16-8-15-39-6)19-29(35)30(37)20-28(22(3)4)33(38)36-23(5)25-10-12-27(34)13-11-25/h9-14,18,21-23,26,28-30,37H,8,15-17,19-20,35H2,1-7H3,(H,36,38)/t23-,26+,28+,29+,30+/m1/s1. The fourth-order valence-electron chi connectivity index (χ4n) is 5.02. The van der Waals surface area contributed by atoms with Crippen molar-refractivity contribution in [3.8, 4) is 11.5 Å². The van der Waals surface area contributed by atoms with E-state index in [9.17, 15) is 9.90 Å². The van der Waals surface area contributed by atoms with Crippen LogP contribution in [0.1, 0.15) is 71.0 Å². The van der Waals surface area contributed by atoms with Crippen LogP contribution in [0.5, 0.6) is 11.5 Å². The van der Waals surface area contributed by atoms with Gasteiger partial charge in [0.25, 0.3) is 0 Å². The molecule has 8 heteroatoms. The quantitative estimate of drug-likeness (QED) is 0.166. The van der Waals surface area contributed by atoms with Gasteiger partial charge in [-0.2, -0.15) is 0 Å². The molecule has 0 fully saturated rings. The second kappa shape index (κ2) is 17.7. The van der Waals surface area contributed by atoms with Crippen LogP contribution in [0.2, 0.25) is 0 Å². The number of ether oxygens (including phenoxy) is 3. The second-order valence-corrected chi connectivity index (χ2v) is 12.6. The topological polar surface area (TPSA) is 103 Å². The molecule has 7 nitrogen and oxygen atoms in total. The van der Waals surface area contributed by atoms with Gasteiger partial charge in [0.1, 0.15) is 0 Å². The fourth-order valence-corrected chi connectivity index (χ4v) is 5.28. The van der Waals surface area contributed by atoms with Crippen molar-refractivity contribution in [3.05, 3.63) is 58.1 Å². The third-order valence-electron chi connectivity index (χ3n) is 7.85. The Balaban J connectivity index is 2.03. The Labute approximate surface area is 255 Å². The van der Waals surface area contributed by atoms with E-state index in [0.29, 0.717) is 37.7 Å². The molecule has 0 saturated heterocycles. The van der Waals surface area contributed by atoms with Gasteiger partial charge in [-0.05, 0) is 79.3 Å². The summed E-state index contributed by atoms with van der Waals surface area (Å²) in [4.78, 5) is 13.3. The van der Waals surface area contributed by atoms with Crippen LogP contribution in [0.4, 0.5) is 0 Å². The number of aliphatic hydroxyl groups excluding tert-OH is 1. The lowest BCUT2D eigenvalue weighted by molar-refractivity contribution is -0.128. The maximum atomic E-state index is 13.3. The molecule has 0 saturated carbocycles. The van der Waals surface area contributed by atoms with Crippen LogP contribution in [0.25, 0.3) is 0 Å². The first-order valence-electron chi connectivity index (χ1n) is 14.7. The first-order chi connectivity index (χ1) is 19.5. The van der Waals surface area contributed by atoms with E-state index in [2.05, 4.69) is 41.2 Å². The number of hydrogen-bond donors (Lipinski definition) is 3. The van der Waals surface area contributed by atoms with E-state index in [0.717, 1.165) is 34.2 Å². The van der Waals surface area contributed by atoms with Crippen LogP contribution < -0.4 is 20.5 Å². The molecule has 2 aromatic carbocycles. The number of rotatable bonds is 18. The lowest BCUT2D eigenvalue weighted by atomic mass is 9.80. The maximum Gasteiger partial charge on any atom is 0.223 e. The lowest BCUT2D eigenvalue weighted by Crippen LogP contribution is -2.43. The molecule has 0 aromatic heterocycles. The molecule has 230 valence electrons. The maximum absolute atomic E-state index is 13.3. The van der Waals surface area contributed by atoms with Crippen molar-refractivity contribution in [3.63, 3.8) is 0 Å². The molecular weight excluding hydrogens is 584 g/mol. The van der Waals surface area contributed by atoms with E-state index in [1.807, 2.05) is 57.2 Å². The van der Waals surface area contributed by atoms with Gasteiger partial charge < -0.3 is 30.4 Å². The zero-order valence-electron chi connectivity index (χ0n) is 25.9. The Kier molecular flexibility index (Phi) is 15.2. The summed E-state index contributed by atoms with van der Waals surface area (Å²) >= 11 is 3.45. The summed E-state index contributed by atoms with van der Waals surface area (Å²) in [5.41, 5.74) is 8.76. The normalized spacial score (nSPS) is 15.3. The first kappa shape index (κ1) is 35.1. The minimum Gasteiger partial charge on any atom is -0.493 e. The number of nitrogens with one attached hydrogen (secondary N) is 1. The number of aliphatic hydroxyl groups is 1. The van der Waals surface area contributed by atoms with Gasteiger partial charge in [-0.25, -0.2) is 0 Å². The molecule has 0 bridgehead atoms. The molecule has 0 aliphatic carbocycles. The highest BCUT2D eigenvalue weighted by Crippen LogP contribution is 2.32. The minimum atomic E-state index is -0.784. The van der Waals surface area contributed by atoms with Gasteiger partial charge in [0, 0.05) is 36.6 Å². The number of halogens is 1.